The first-order valence-electron chi connectivity index (χ1n) is 7.09. The molecule has 3 N–H and O–H groups in total. The number of aromatic carboxylic acids is 1. The number of carbonyl (C=O) groups is 2. The number of carbonyl (C=O) groups excluding carboxylic acids is 1. The summed E-state index contributed by atoms with van der Waals surface area (Å²) in [6.07, 6.45) is -1.04. The van der Waals surface area contributed by atoms with Crippen LogP contribution in [-0.4, -0.2) is 22.2 Å². The Kier molecular flexibility index (Phi) is 7.38. The van der Waals surface area contributed by atoms with Gasteiger partial charge in [-0.15, -0.1) is 0 Å². The largest absolute Gasteiger partial charge is 0.519 e. The number of ether oxygens (including phenoxy) is 2. The van der Waals surface area contributed by atoms with E-state index in [1.165, 1.54) is 30.3 Å². The Morgan fingerprint density at radius 2 is 1.58 bits per heavy atom. The first-order valence-corrected chi connectivity index (χ1v) is 7.50. The molecule has 0 amide bonds. The lowest BCUT2D eigenvalue weighted by atomic mass is 10.2. The standard InChI is InChI=1S/C15H11NO5S.C2H6/c16-13(22)9-5-7-10(8-6-9)20-15(19)21-12-4-2-1-3-11(12)14(17)18;1-2/h1-8H,(H2,16,22)(H,17,18);1-2H3. The van der Waals surface area contributed by atoms with Crippen LogP contribution in [0.15, 0.2) is 48.5 Å². The maximum atomic E-state index is 11.7. The van der Waals surface area contributed by atoms with Crippen LogP contribution in [-0.2, 0) is 0 Å². The average Bonchev–Trinajstić information content (AvgIpc) is 2.57. The second-order valence-electron chi connectivity index (χ2n) is 4.14. The van der Waals surface area contributed by atoms with Crippen molar-refractivity contribution in [1.82, 2.24) is 0 Å². The number of carboxylic acids is 1. The average molecular weight is 347 g/mol. The fraction of sp³-hybridized carbons (Fsp3) is 0.118. The van der Waals surface area contributed by atoms with Crippen molar-refractivity contribution in [2.45, 2.75) is 13.8 Å². The predicted octanol–water partition coefficient (Wildman–Crippen LogP) is 3.62. The molecule has 0 fully saturated rings. The smallest absolute Gasteiger partial charge is 0.478 e. The van der Waals surface area contributed by atoms with E-state index in [0.29, 0.717) is 5.56 Å². The summed E-state index contributed by atoms with van der Waals surface area (Å²) in [5.74, 6) is -1.08. The fourth-order valence-corrected chi connectivity index (χ4v) is 1.76. The zero-order valence-electron chi connectivity index (χ0n) is 13.2. The first-order chi connectivity index (χ1) is 11.5. The highest BCUT2D eigenvalue weighted by atomic mass is 32.1. The monoisotopic (exact) mass is 347 g/mol. The van der Waals surface area contributed by atoms with Gasteiger partial charge >= 0.3 is 12.1 Å². The summed E-state index contributed by atoms with van der Waals surface area (Å²) in [5, 5.41) is 8.99. The van der Waals surface area contributed by atoms with Crippen LogP contribution < -0.4 is 15.2 Å². The Labute approximate surface area is 144 Å². The second kappa shape index (κ2) is 9.26. The van der Waals surface area contributed by atoms with E-state index in [1.54, 1.807) is 18.2 Å². The van der Waals surface area contributed by atoms with E-state index in [1.807, 2.05) is 13.8 Å². The molecule has 0 heterocycles. The maximum absolute atomic E-state index is 11.7. The third-order valence-corrected chi connectivity index (χ3v) is 2.89. The summed E-state index contributed by atoms with van der Waals surface area (Å²) in [6.45, 7) is 4.00. The molecule has 0 atom stereocenters. The minimum absolute atomic E-state index is 0.0974. The summed E-state index contributed by atoms with van der Waals surface area (Å²) in [6, 6.07) is 11.9. The van der Waals surface area contributed by atoms with Gasteiger partial charge in [0, 0.05) is 5.56 Å². The number of thiocarbonyl (C=S) groups is 1. The Morgan fingerprint density at radius 3 is 2.12 bits per heavy atom. The van der Waals surface area contributed by atoms with Crippen molar-refractivity contribution in [2.75, 3.05) is 0 Å². The highest BCUT2D eigenvalue weighted by molar-refractivity contribution is 7.80. The van der Waals surface area contributed by atoms with Crippen LogP contribution in [0.1, 0.15) is 29.8 Å². The highest BCUT2D eigenvalue weighted by Crippen LogP contribution is 2.19. The SMILES string of the molecule is CC.NC(=S)c1ccc(OC(=O)Oc2ccccc2C(=O)O)cc1. The molecule has 126 valence electrons. The van der Waals surface area contributed by atoms with Gasteiger partial charge in [-0.25, -0.2) is 9.59 Å². The van der Waals surface area contributed by atoms with Crippen LogP contribution in [0.5, 0.6) is 11.5 Å². The van der Waals surface area contributed by atoms with Gasteiger partial charge in [-0.3, -0.25) is 0 Å². The van der Waals surface area contributed by atoms with E-state index >= 15 is 0 Å². The number of para-hydroxylation sites is 1. The third-order valence-electron chi connectivity index (χ3n) is 2.65. The summed E-state index contributed by atoms with van der Waals surface area (Å²) in [7, 11) is 0. The van der Waals surface area contributed by atoms with Crippen LogP contribution in [0.3, 0.4) is 0 Å². The third kappa shape index (κ3) is 5.36. The molecule has 0 radical (unpaired) electrons. The van der Waals surface area contributed by atoms with Crippen LogP contribution in [0, 0.1) is 0 Å². The second-order valence-corrected chi connectivity index (χ2v) is 4.58. The van der Waals surface area contributed by atoms with Crippen molar-refractivity contribution in [2.24, 2.45) is 5.73 Å². The van der Waals surface area contributed by atoms with Crippen molar-refractivity contribution in [1.29, 1.82) is 0 Å². The van der Waals surface area contributed by atoms with E-state index in [2.05, 4.69) is 0 Å². The summed E-state index contributed by atoms with van der Waals surface area (Å²) < 4.78 is 9.85. The molecule has 2 aromatic carbocycles. The van der Waals surface area contributed by atoms with Gasteiger partial charge in [0.15, 0.2) is 0 Å². The Morgan fingerprint density at radius 1 is 1.00 bits per heavy atom. The predicted molar refractivity (Wildman–Crippen MR) is 93.7 cm³/mol. The molecule has 2 aromatic rings. The van der Waals surface area contributed by atoms with Crippen molar-refractivity contribution in [3.63, 3.8) is 0 Å². The quantitative estimate of drug-likeness (QED) is 0.495. The van der Waals surface area contributed by atoms with Crippen molar-refractivity contribution >= 4 is 29.3 Å². The first kappa shape index (κ1) is 19.1. The molecule has 0 spiro atoms. The minimum atomic E-state index is -1.20. The fourth-order valence-electron chi connectivity index (χ4n) is 1.63. The highest BCUT2D eigenvalue weighted by Gasteiger charge is 2.15. The van der Waals surface area contributed by atoms with Gasteiger partial charge in [0.05, 0.1) is 0 Å². The molecule has 0 saturated carbocycles. The molecule has 6 nitrogen and oxygen atoms in total. The van der Waals surface area contributed by atoms with Crippen LogP contribution >= 0.6 is 12.2 Å². The molecular formula is C17H17NO5S. The molecule has 0 saturated heterocycles. The molecule has 0 unspecified atom stereocenters. The lowest BCUT2D eigenvalue weighted by Crippen LogP contribution is -2.16. The normalized spacial score (nSPS) is 9.25. The zero-order chi connectivity index (χ0) is 18.1. The molecule has 0 aliphatic carbocycles. The maximum Gasteiger partial charge on any atom is 0.519 e. The number of benzene rings is 2. The molecular weight excluding hydrogens is 330 g/mol. The van der Waals surface area contributed by atoms with Crippen molar-refractivity contribution in [3.05, 3.63) is 59.7 Å². The topological polar surface area (TPSA) is 98.9 Å². The number of hydrogen-bond donors (Lipinski definition) is 2. The van der Waals surface area contributed by atoms with Crippen LogP contribution in [0.4, 0.5) is 4.79 Å². The van der Waals surface area contributed by atoms with Gasteiger partial charge in [-0.05, 0) is 36.4 Å². The Bertz CT molecular complexity index is 728. The van der Waals surface area contributed by atoms with E-state index in [0.717, 1.165) is 0 Å². The van der Waals surface area contributed by atoms with E-state index in [-0.39, 0.29) is 22.1 Å². The van der Waals surface area contributed by atoms with E-state index < -0.39 is 12.1 Å². The Hall–Kier alpha value is -2.93. The number of hydrogen-bond acceptors (Lipinski definition) is 5. The van der Waals surface area contributed by atoms with Crippen molar-refractivity contribution in [3.8, 4) is 11.5 Å². The van der Waals surface area contributed by atoms with Crippen LogP contribution in [0.25, 0.3) is 0 Å². The molecule has 7 heteroatoms. The Balaban J connectivity index is 0.00000139. The minimum Gasteiger partial charge on any atom is -0.478 e. The van der Waals surface area contributed by atoms with Crippen molar-refractivity contribution < 1.29 is 24.2 Å². The van der Waals surface area contributed by atoms with Gasteiger partial charge < -0.3 is 20.3 Å². The van der Waals surface area contributed by atoms with Gasteiger partial charge in [-0.1, -0.05) is 38.2 Å². The molecule has 24 heavy (non-hydrogen) atoms. The number of rotatable bonds is 4. The summed E-state index contributed by atoms with van der Waals surface area (Å²) >= 11 is 4.81. The number of carboxylic acid groups (broad SMARTS) is 1. The van der Waals surface area contributed by atoms with E-state index in [4.69, 9.17) is 32.5 Å². The van der Waals surface area contributed by atoms with Gasteiger partial charge in [0.2, 0.25) is 0 Å². The lowest BCUT2D eigenvalue weighted by molar-refractivity contribution is 0.0693. The summed E-state index contributed by atoms with van der Waals surface area (Å²) in [4.78, 5) is 22.9. The molecule has 0 aliphatic heterocycles. The lowest BCUT2D eigenvalue weighted by Gasteiger charge is -2.08. The van der Waals surface area contributed by atoms with Gasteiger partial charge in [0.1, 0.15) is 22.1 Å². The summed E-state index contributed by atoms with van der Waals surface area (Å²) in [5.41, 5.74) is 5.95. The zero-order valence-corrected chi connectivity index (χ0v) is 14.0. The van der Waals surface area contributed by atoms with Gasteiger partial charge in [-0.2, -0.15) is 0 Å². The van der Waals surface area contributed by atoms with Gasteiger partial charge in [0.25, 0.3) is 0 Å². The molecule has 0 aliphatic rings. The molecule has 2 rings (SSSR count). The molecule has 0 aromatic heterocycles. The number of nitrogens with two attached hydrogens (primary N) is 1. The van der Waals surface area contributed by atoms with E-state index in [9.17, 15) is 9.59 Å². The molecule has 0 bridgehead atoms. The van der Waals surface area contributed by atoms with Crippen LogP contribution in [0.2, 0.25) is 0 Å².